The molecule has 1 fully saturated rings. The summed E-state index contributed by atoms with van der Waals surface area (Å²) in [5.41, 5.74) is 3.52. The number of hydrogen-bond acceptors (Lipinski definition) is 5. The van der Waals surface area contributed by atoms with Crippen LogP contribution < -0.4 is 10.1 Å². The van der Waals surface area contributed by atoms with Crippen molar-refractivity contribution < 1.29 is 19.0 Å². The second-order valence-electron chi connectivity index (χ2n) is 6.79. The lowest BCUT2D eigenvalue weighted by Crippen LogP contribution is -2.39. The van der Waals surface area contributed by atoms with Gasteiger partial charge in [0.15, 0.2) is 6.10 Å². The largest absolute Gasteiger partial charge is 0.496 e. The SMILES string of the molecule is COc1ccccc1-c1cc(NC(=O)[C@@H]2COCCO2)n(-c2ccc(C)cc2)n1. The number of rotatable bonds is 5. The molecule has 7 heteroatoms. The number of methoxy groups -OCH3 is 1. The molecule has 2 heterocycles. The monoisotopic (exact) mass is 393 g/mol. The van der Waals surface area contributed by atoms with E-state index in [0.717, 1.165) is 16.8 Å². The van der Waals surface area contributed by atoms with Crippen LogP contribution in [0.15, 0.2) is 54.6 Å². The Balaban J connectivity index is 1.72. The van der Waals surface area contributed by atoms with Crippen LogP contribution in [0, 0.1) is 6.92 Å². The van der Waals surface area contributed by atoms with Gasteiger partial charge in [0.2, 0.25) is 0 Å². The highest BCUT2D eigenvalue weighted by Crippen LogP contribution is 2.31. The number of carbonyl (C=O) groups is 1. The van der Waals surface area contributed by atoms with Crippen molar-refractivity contribution in [2.75, 3.05) is 32.2 Å². The quantitative estimate of drug-likeness (QED) is 0.721. The average Bonchev–Trinajstić information content (AvgIpc) is 3.18. The number of hydrogen-bond donors (Lipinski definition) is 1. The van der Waals surface area contributed by atoms with E-state index in [1.165, 1.54) is 0 Å². The molecule has 0 radical (unpaired) electrons. The van der Waals surface area contributed by atoms with E-state index in [0.29, 0.717) is 30.5 Å². The van der Waals surface area contributed by atoms with Gasteiger partial charge in [-0.3, -0.25) is 4.79 Å². The predicted molar refractivity (Wildman–Crippen MR) is 109 cm³/mol. The number of aromatic nitrogens is 2. The first-order valence-electron chi connectivity index (χ1n) is 9.46. The number of anilines is 1. The van der Waals surface area contributed by atoms with Crippen molar-refractivity contribution in [2.24, 2.45) is 0 Å². The zero-order chi connectivity index (χ0) is 20.2. The smallest absolute Gasteiger partial charge is 0.257 e. The minimum atomic E-state index is -0.639. The number of nitrogens with zero attached hydrogens (tertiary/aromatic N) is 2. The highest BCUT2D eigenvalue weighted by Gasteiger charge is 2.24. The Bertz CT molecular complexity index is 992. The maximum Gasteiger partial charge on any atom is 0.257 e. The van der Waals surface area contributed by atoms with E-state index in [9.17, 15) is 4.79 Å². The van der Waals surface area contributed by atoms with Crippen molar-refractivity contribution in [3.05, 3.63) is 60.2 Å². The minimum absolute atomic E-state index is 0.240. The zero-order valence-corrected chi connectivity index (χ0v) is 16.4. The van der Waals surface area contributed by atoms with Crippen LogP contribution in [-0.4, -0.2) is 48.7 Å². The molecule has 3 aromatic rings. The average molecular weight is 393 g/mol. The normalized spacial score (nSPS) is 16.4. The van der Waals surface area contributed by atoms with E-state index in [-0.39, 0.29) is 12.5 Å². The summed E-state index contributed by atoms with van der Waals surface area (Å²) >= 11 is 0. The van der Waals surface area contributed by atoms with Gasteiger partial charge in [0.25, 0.3) is 5.91 Å². The zero-order valence-electron chi connectivity index (χ0n) is 16.4. The Labute approximate surface area is 169 Å². The van der Waals surface area contributed by atoms with E-state index in [2.05, 4.69) is 5.32 Å². The lowest BCUT2D eigenvalue weighted by atomic mass is 10.1. The van der Waals surface area contributed by atoms with E-state index < -0.39 is 6.10 Å². The van der Waals surface area contributed by atoms with Crippen LogP contribution in [0.2, 0.25) is 0 Å². The van der Waals surface area contributed by atoms with Gasteiger partial charge in [0.05, 0.1) is 38.3 Å². The second-order valence-corrected chi connectivity index (χ2v) is 6.79. The summed E-state index contributed by atoms with van der Waals surface area (Å²) in [7, 11) is 1.62. The van der Waals surface area contributed by atoms with Crippen molar-refractivity contribution in [3.63, 3.8) is 0 Å². The molecule has 4 rings (SSSR count). The molecule has 0 bridgehead atoms. The number of aryl methyl sites for hydroxylation is 1. The van der Waals surface area contributed by atoms with Crippen molar-refractivity contribution in [3.8, 4) is 22.7 Å². The summed E-state index contributed by atoms with van der Waals surface area (Å²) in [5.74, 6) is 1.00. The van der Waals surface area contributed by atoms with E-state index in [1.807, 2.05) is 61.5 Å². The number of para-hydroxylation sites is 1. The summed E-state index contributed by atoms with van der Waals surface area (Å²) in [6, 6.07) is 17.4. The number of benzene rings is 2. The number of carbonyl (C=O) groups excluding carboxylic acids is 1. The Morgan fingerprint density at radius 3 is 2.69 bits per heavy atom. The molecule has 1 saturated heterocycles. The molecule has 1 N–H and O–H groups in total. The molecule has 29 heavy (non-hydrogen) atoms. The molecule has 1 aliphatic rings. The molecule has 2 aromatic carbocycles. The maximum atomic E-state index is 12.7. The van der Waals surface area contributed by atoms with Crippen LogP contribution in [0.1, 0.15) is 5.56 Å². The van der Waals surface area contributed by atoms with Crippen molar-refractivity contribution in [1.82, 2.24) is 9.78 Å². The van der Waals surface area contributed by atoms with Crippen molar-refractivity contribution >= 4 is 11.7 Å². The molecule has 7 nitrogen and oxygen atoms in total. The first-order chi connectivity index (χ1) is 14.2. The van der Waals surface area contributed by atoms with Gasteiger partial charge in [-0.05, 0) is 31.2 Å². The lowest BCUT2D eigenvalue weighted by Gasteiger charge is -2.22. The minimum Gasteiger partial charge on any atom is -0.496 e. The van der Waals surface area contributed by atoms with Crippen molar-refractivity contribution in [2.45, 2.75) is 13.0 Å². The molecule has 150 valence electrons. The Morgan fingerprint density at radius 1 is 1.17 bits per heavy atom. The molecule has 1 aromatic heterocycles. The van der Waals surface area contributed by atoms with Gasteiger partial charge < -0.3 is 19.5 Å². The Kier molecular flexibility index (Phi) is 5.59. The summed E-state index contributed by atoms with van der Waals surface area (Å²) in [4.78, 5) is 12.7. The van der Waals surface area contributed by atoms with Crippen LogP contribution in [0.25, 0.3) is 16.9 Å². The maximum absolute atomic E-state index is 12.7. The number of nitrogens with one attached hydrogen (secondary N) is 1. The van der Waals surface area contributed by atoms with Gasteiger partial charge in [0, 0.05) is 11.6 Å². The van der Waals surface area contributed by atoms with Gasteiger partial charge in [0.1, 0.15) is 11.6 Å². The summed E-state index contributed by atoms with van der Waals surface area (Å²) in [5, 5.41) is 7.67. The van der Waals surface area contributed by atoms with Gasteiger partial charge in [-0.2, -0.15) is 5.10 Å². The van der Waals surface area contributed by atoms with Crippen molar-refractivity contribution in [1.29, 1.82) is 0 Å². The predicted octanol–water partition coefficient (Wildman–Crippen LogP) is 3.21. The van der Waals surface area contributed by atoms with E-state index >= 15 is 0 Å². The molecule has 0 aliphatic carbocycles. The van der Waals surface area contributed by atoms with E-state index in [4.69, 9.17) is 19.3 Å². The number of ether oxygens (including phenoxy) is 3. The fourth-order valence-corrected chi connectivity index (χ4v) is 3.19. The van der Waals surface area contributed by atoms with Gasteiger partial charge >= 0.3 is 0 Å². The molecule has 1 aliphatic heterocycles. The molecule has 1 amide bonds. The third-order valence-electron chi connectivity index (χ3n) is 4.73. The van der Waals surface area contributed by atoms with Gasteiger partial charge in [-0.15, -0.1) is 0 Å². The van der Waals surface area contributed by atoms with Crippen LogP contribution in [-0.2, 0) is 14.3 Å². The van der Waals surface area contributed by atoms with Gasteiger partial charge in [-0.25, -0.2) is 4.68 Å². The van der Waals surface area contributed by atoms with E-state index in [1.54, 1.807) is 11.8 Å². The molecule has 0 unspecified atom stereocenters. The van der Waals surface area contributed by atoms with Crippen LogP contribution in [0.5, 0.6) is 5.75 Å². The lowest BCUT2D eigenvalue weighted by molar-refractivity contribution is -0.142. The molecule has 1 atom stereocenters. The highest BCUT2D eigenvalue weighted by molar-refractivity contribution is 5.94. The standard InChI is InChI=1S/C22H23N3O4/c1-15-7-9-16(10-8-15)25-21(23-22(26)20-14-28-11-12-29-20)13-18(24-25)17-5-3-4-6-19(17)27-2/h3-10,13,20H,11-12,14H2,1-2H3,(H,23,26)/t20-/m0/s1. The van der Waals surface area contributed by atoms with Gasteiger partial charge in [-0.1, -0.05) is 29.8 Å². The highest BCUT2D eigenvalue weighted by atomic mass is 16.6. The first kappa shape index (κ1) is 19.2. The third kappa shape index (κ3) is 4.16. The second kappa shape index (κ2) is 8.46. The third-order valence-corrected chi connectivity index (χ3v) is 4.73. The molecular weight excluding hydrogens is 370 g/mol. The summed E-state index contributed by atoms with van der Waals surface area (Å²) in [6.45, 7) is 3.17. The Morgan fingerprint density at radius 2 is 1.97 bits per heavy atom. The fraction of sp³-hybridized carbons (Fsp3) is 0.273. The topological polar surface area (TPSA) is 74.6 Å². The summed E-state index contributed by atoms with van der Waals surface area (Å²) < 4.78 is 18.0. The van der Waals surface area contributed by atoms with Crippen LogP contribution >= 0.6 is 0 Å². The molecule has 0 saturated carbocycles. The fourth-order valence-electron chi connectivity index (χ4n) is 3.19. The molecule has 0 spiro atoms. The first-order valence-corrected chi connectivity index (χ1v) is 9.46. The van der Waals surface area contributed by atoms with Crippen LogP contribution in [0.3, 0.4) is 0 Å². The van der Waals surface area contributed by atoms with Crippen LogP contribution in [0.4, 0.5) is 5.82 Å². The molecular formula is C22H23N3O4. The summed E-state index contributed by atoms with van der Waals surface area (Å²) in [6.07, 6.45) is -0.639. The number of amides is 1. The Hall–Kier alpha value is -3.16.